The van der Waals surface area contributed by atoms with Crippen LogP contribution in [0, 0.1) is 5.92 Å². The molecular formula is C15H30N2. The number of likely N-dealkylation sites (tertiary alicyclic amines) is 2. The van der Waals surface area contributed by atoms with Gasteiger partial charge in [0.1, 0.15) is 0 Å². The van der Waals surface area contributed by atoms with E-state index < -0.39 is 0 Å². The zero-order chi connectivity index (χ0) is 12.5. The van der Waals surface area contributed by atoms with Crippen molar-refractivity contribution in [2.45, 2.75) is 64.5 Å². The quantitative estimate of drug-likeness (QED) is 0.746. The highest BCUT2D eigenvalue weighted by molar-refractivity contribution is 4.91. The average Bonchev–Trinajstić information content (AvgIpc) is 2.62. The number of hydrogen-bond donors (Lipinski definition) is 0. The van der Waals surface area contributed by atoms with Crippen molar-refractivity contribution in [1.82, 2.24) is 9.80 Å². The van der Waals surface area contributed by atoms with Gasteiger partial charge in [-0.05, 0) is 79.1 Å². The summed E-state index contributed by atoms with van der Waals surface area (Å²) in [4.78, 5) is 5.26. The van der Waals surface area contributed by atoms with Gasteiger partial charge in [-0.2, -0.15) is 0 Å². The van der Waals surface area contributed by atoms with Crippen molar-refractivity contribution in [3.63, 3.8) is 0 Å². The van der Waals surface area contributed by atoms with Crippen molar-refractivity contribution in [2.75, 3.05) is 26.7 Å². The molecule has 0 radical (unpaired) electrons. The lowest BCUT2D eigenvalue weighted by Crippen LogP contribution is -2.48. The number of hydrogen-bond acceptors (Lipinski definition) is 2. The van der Waals surface area contributed by atoms with E-state index in [1.54, 1.807) is 0 Å². The molecule has 0 saturated carbocycles. The third kappa shape index (κ3) is 3.03. The smallest absolute Gasteiger partial charge is 0.0156 e. The zero-order valence-electron chi connectivity index (χ0n) is 12.2. The molecule has 0 aromatic heterocycles. The van der Waals surface area contributed by atoms with Crippen molar-refractivity contribution in [3.8, 4) is 0 Å². The highest BCUT2D eigenvalue weighted by atomic mass is 15.2. The molecule has 0 aromatic rings. The first-order valence-corrected chi connectivity index (χ1v) is 7.46. The topological polar surface area (TPSA) is 6.48 Å². The molecule has 2 saturated heterocycles. The van der Waals surface area contributed by atoms with Gasteiger partial charge in [0.15, 0.2) is 0 Å². The summed E-state index contributed by atoms with van der Waals surface area (Å²) in [6, 6.07) is 0.777. The maximum Gasteiger partial charge on any atom is 0.0156 e. The van der Waals surface area contributed by atoms with E-state index in [1.807, 2.05) is 0 Å². The first-order valence-electron chi connectivity index (χ1n) is 7.46. The van der Waals surface area contributed by atoms with Gasteiger partial charge in [-0.25, -0.2) is 0 Å². The van der Waals surface area contributed by atoms with E-state index in [0.29, 0.717) is 5.54 Å². The van der Waals surface area contributed by atoms with Gasteiger partial charge in [-0.15, -0.1) is 0 Å². The first-order chi connectivity index (χ1) is 8.00. The minimum Gasteiger partial charge on any atom is -0.303 e. The van der Waals surface area contributed by atoms with Gasteiger partial charge < -0.3 is 4.90 Å². The van der Waals surface area contributed by atoms with Crippen LogP contribution in [-0.4, -0.2) is 48.1 Å². The summed E-state index contributed by atoms with van der Waals surface area (Å²) in [6.45, 7) is 11.3. The molecular weight excluding hydrogens is 208 g/mol. The Balaban J connectivity index is 1.91. The Morgan fingerprint density at radius 3 is 2.24 bits per heavy atom. The fraction of sp³-hybridized carbons (Fsp3) is 1.00. The number of piperidine rings is 1. The van der Waals surface area contributed by atoms with Gasteiger partial charge in [0.05, 0.1) is 0 Å². The summed E-state index contributed by atoms with van der Waals surface area (Å²) >= 11 is 0. The van der Waals surface area contributed by atoms with Crippen LogP contribution in [0.5, 0.6) is 0 Å². The second kappa shape index (κ2) is 5.27. The SMILES string of the molecule is C[C@H]1C(CC(C)(C)N2CCCCC2)CCN1C. The second-order valence-corrected chi connectivity index (χ2v) is 6.83. The molecule has 2 heteroatoms. The Labute approximate surface area is 107 Å². The highest BCUT2D eigenvalue weighted by Gasteiger charge is 2.36. The molecule has 0 N–H and O–H groups in total. The van der Waals surface area contributed by atoms with Crippen LogP contribution in [0.15, 0.2) is 0 Å². The van der Waals surface area contributed by atoms with Gasteiger partial charge >= 0.3 is 0 Å². The molecule has 2 rings (SSSR count). The summed E-state index contributed by atoms with van der Waals surface area (Å²) in [5, 5.41) is 0. The first kappa shape index (κ1) is 13.4. The lowest BCUT2D eigenvalue weighted by molar-refractivity contribution is 0.0685. The van der Waals surface area contributed by atoms with E-state index in [2.05, 4.69) is 37.6 Å². The van der Waals surface area contributed by atoms with E-state index in [9.17, 15) is 0 Å². The van der Waals surface area contributed by atoms with Crippen LogP contribution in [0.1, 0.15) is 52.9 Å². The molecule has 0 bridgehead atoms. The molecule has 2 heterocycles. The minimum absolute atomic E-state index is 0.407. The molecule has 0 aromatic carbocycles. The van der Waals surface area contributed by atoms with Crippen molar-refractivity contribution >= 4 is 0 Å². The predicted molar refractivity (Wildman–Crippen MR) is 74.3 cm³/mol. The Kier molecular flexibility index (Phi) is 4.14. The van der Waals surface area contributed by atoms with Crippen molar-refractivity contribution < 1.29 is 0 Å². The lowest BCUT2D eigenvalue weighted by Gasteiger charge is -2.43. The summed E-state index contributed by atoms with van der Waals surface area (Å²) in [6.07, 6.45) is 7.02. The van der Waals surface area contributed by atoms with Gasteiger partial charge in [0.2, 0.25) is 0 Å². The van der Waals surface area contributed by atoms with Crippen LogP contribution in [0.2, 0.25) is 0 Å². The number of rotatable bonds is 3. The van der Waals surface area contributed by atoms with Crippen molar-refractivity contribution in [2.24, 2.45) is 5.92 Å². The molecule has 0 spiro atoms. The summed E-state index contributed by atoms with van der Waals surface area (Å²) in [5.74, 6) is 0.900. The molecule has 17 heavy (non-hydrogen) atoms. The molecule has 0 amide bonds. The van der Waals surface area contributed by atoms with E-state index in [4.69, 9.17) is 0 Å². The standard InChI is InChI=1S/C15H30N2/c1-13-14(8-11-16(13)4)12-15(2,3)17-9-6-5-7-10-17/h13-14H,5-12H2,1-4H3/t13-,14?/m0/s1. The molecule has 1 unspecified atom stereocenters. The molecule has 2 nitrogen and oxygen atoms in total. The van der Waals surface area contributed by atoms with Crippen LogP contribution < -0.4 is 0 Å². The van der Waals surface area contributed by atoms with Crippen LogP contribution in [0.4, 0.5) is 0 Å². The Morgan fingerprint density at radius 1 is 1.06 bits per heavy atom. The summed E-state index contributed by atoms with van der Waals surface area (Å²) in [5.41, 5.74) is 0.407. The van der Waals surface area contributed by atoms with Crippen LogP contribution in [-0.2, 0) is 0 Å². The lowest BCUT2D eigenvalue weighted by atomic mass is 9.84. The summed E-state index contributed by atoms with van der Waals surface area (Å²) in [7, 11) is 2.28. The Hall–Kier alpha value is -0.0800. The molecule has 2 aliphatic heterocycles. The van der Waals surface area contributed by atoms with Gasteiger partial charge in [-0.3, -0.25) is 4.90 Å². The average molecular weight is 238 g/mol. The molecule has 100 valence electrons. The van der Waals surface area contributed by atoms with Gasteiger partial charge in [0, 0.05) is 11.6 Å². The van der Waals surface area contributed by atoms with E-state index in [1.165, 1.54) is 51.7 Å². The molecule has 2 aliphatic rings. The maximum atomic E-state index is 2.74. The van der Waals surface area contributed by atoms with Crippen LogP contribution >= 0.6 is 0 Å². The maximum absolute atomic E-state index is 2.74. The normalized spacial score (nSPS) is 33.2. The van der Waals surface area contributed by atoms with Gasteiger partial charge in [-0.1, -0.05) is 6.42 Å². The zero-order valence-corrected chi connectivity index (χ0v) is 12.2. The van der Waals surface area contributed by atoms with Gasteiger partial charge in [0.25, 0.3) is 0 Å². The molecule has 2 fully saturated rings. The van der Waals surface area contributed by atoms with Crippen molar-refractivity contribution in [1.29, 1.82) is 0 Å². The van der Waals surface area contributed by atoms with Crippen LogP contribution in [0.3, 0.4) is 0 Å². The van der Waals surface area contributed by atoms with E-state index >= 15 is 0 Å². The fourth-order valence-electron chi connectivity index (χ4n) is 3.72. The number of nitrogens with zero attached hydrogens (tertiary/aromatic N) is 2. The molecule has 2 atom stereocenters. The second-order valence-electron chi connectivity index (χ2n) is 6.83. The van der Waals surface area contributed by atoms with Crippen molar-refractivity contribution in [3.05, 3.63) is 0 Å². The minimum atomic E-state index is 0.407. The largest absolute Gasteiger partial charge is 0.303 e. The Morgan fingerprint density at radius 2 is 1.71 bits per heavy atom. The highest BCUT2D eigenvalue weighted by Crippen LogP contribution is 2.34. The molecule has 0 aliphatic carbocycles. The third-order valence-electron chi connectivity index (χ3n) is 5.20. The summed E-state index contributed by atoms with van der Waals surface area (Å²) < 4.78 is 0. The van der Waals surface area contributed by atoms with E-state index in [-0.39, 0.29) is 0 Å². The van der Waals surface area contributed by atoms with Crippen LogP contribution in [0.25, 0.3) is 0 Å². The monoisotopic (exact) mass is 238 g/mol. The van der Waals surface area contributed by atoms with E-state index in [0.717, 1.165) is 12.0 Å². The third-order valence-corrected chi connectivity index (χ3v) is 5.20. The fourth-order valence-corrected chi connectivity index (χ4v) is 3.72. The Bertz CT molecular complexity index is 243. The predicted octanol–water partition coefficient (Wildman–Crippen LogP) is 2.98.